The number of nitrogens with zero attached hydrogens (tertiary/aromatic N) is 2. The molecule has 7 heteroatoms. The second-order valence-corrected chi connectivity index (χ2v) is 4.23. The molecule has 4 N–H and O–H groups in total. The van der Waals surface area contributed by atoms with E-state index in [0.29, 0.717) is 19.3 Å². The van der Waals surface area contributed by atoms with Gasteiger partial charge in [0.15, 0.2) is 11.6 Å². The maximum absolute atomic E-state index is 13.2. The summed E-state index contributed by atoms with van der Waals surface area (Å²) in [6.07, 6.45) is 2.70. The fraction of sp³-hybridized carbons (Fsp3) is 0.500. The first-order valence-electron chi connectivity index (χ1n) is 5.32. The average Bonchev–Trinajstić information content (AvgIpc) is 2.72. The zero-order valence-electron chi connectivity index (χ0n) is 9.10. The molecule has 1 heterocycles. The molecule has 2 unspecified atom stereocenters. The van der Waals surface area contributed by atoms with Crippen LogP contribution in [-0.4, -0.2) is 15.5 Å². The van der Waals surface area contributed by atoms with E-state index in [-0.39, 0.29) is 17.9 Å². The van der Waals surface area contributed by atoms with Crippen molar-refractivity contribution in [3.63, 3.8) is 0 Å². The summed E-state index contributed by atoms with van der Waals surface area (Å²) in [5.41, 5.74) is 9.79. The van der Waals surface area contributed by atoms with Gasteiger partial charge in [-0.3, -0.25) is 9.36 Å². The molecular weight excluding hydrogens is 227 g/mol. The van der Waals surface area contributed by atoms with Gasteiger partial charge in [0.2, 0.25) is 5.91 Å². The van der Waals surface area contributed by atoms with Gasteiger partial charge in [-0.1, -0.05) is 0 Å². The molecular formula is C10H13FN4O2. The van der Waals surface area contributed by atoms with E-state index in [9.17, 15) is 14.0 Å². The molecule has 2 rings (SSSR count). The number of carbonyl (C=O) groups excluding carboxylic acids is 1. The van der Waals surface area contributed by atoms with Crippen molar-refractivity contribution < 1.29 is 9.18 Å². The van der Waals surface area contributed by atoms with Crippen molar-refractivity contribution >= 4 is 11.7 Å². The first-order chi connectivity index (χ1) is 7.99. The molecule has 1 aromatic heterocycles. The summed E-state index contributed by atoms with van der Waals surface area (Å²) in [5.74, 6) is -1.78. The highest BCUT2D eigenvalue weighted by molar-refractivity contribution is 5.76. The Hall–Kier alpha value is -1.92. The number of halogens is 1. The van der Waals surface area contributed by atoms with Gasteiger partial charge >= 0.3 is 5.69 Å². The maximum Gasteiger partial charge on any atom is 0.349 e. The molecule has 1 fully saturated rings. The number of carbonyl (C=O) groups is 1. The van der Waals surface area contributed by atoms with Gasteiger partial charge in [0.25, 0.3) is 0 Å². The Balaban J connectivity index is 2.28. The van der Waals surface area contributed by atoms with Gasteiger partial charge in [0, 0.05) is 18.2 Å². The summed E-state index contributed by atoms with van der Waals surface area (Å²) < 4.78 is 14.4. The third-order valence-corrected chi connectivity index (χ3v) is 3.13. The number of anilines is 1. The van der Waals surface area contributed by atoms with Gasteiger partial charge in [-0.15, -0.1) is 0 Å². The van der Waals surface area contributed by atoms with E-state index in [0.717, 1.165) is 6.20 Å². The fourth-order valence-corrected chi connectivity index (χ4v) is 2.19. The zero-order valence-corrected chi connectivity index (χ0v) is 9.10. The van der Waals surface area contributed by atoms with Gasteiger partial charge in [0.1, 0.15) is 0 Å². The smallest absolute Gasteiger partial charge is 0.349 e. The largest absolute Gasteiger partial charge is 0.381 e. The molecule has 6 nitrogen and oxygen atoms in total. The van der Waals surface area contributed by atoms with Crippen LogP contribution in [0.25, 0.3) is 0 Å². The topological polar surface area (TPSA) is 104 Å². The molecule has 0 spiro atoms. The summed E-state index contributed by atoms with van der Waals surface area (Å²) in [6.45, 7) is 0. The molecule has 92 valence electrons. The third kappa shape index (κ3) is 2.13. The van der Waals surface area contributed by atoms with Crippen LogP contribution in [0.4, 0.5) is 10.2 Å². The second-order valence-electron chi connectivity index (χ2n) is 4.23. The minimum absolute atomic E-state index is 0.234. The Bertz CT molecular complexity index is 514. The maximum atomic E-state index is 13.2. The lowest BCUT2D eigenvalue weighted by Crippen LogP contribution is -2.28. The normalized spacial score (nSPS) is 23.8. The molecule has 0 aromatic carbocycles. The highest BCUT2D eigenvalue weighted by atomic mass is 19.1. The van der Waals surface area contributed by atoms with Crippen molar-refractivity contribution in [2.45, 2.75) is 25.3 Å². The second kappa shape index (κ2) is 4.15. The monoisotopic (exact) mass is 240 g/mol. The van der Waals surface area contributed by atoms with Crippen LogP contribution in [0, 0.1) is 11.7 Å². The van der Waals surface area contributed by atoms with Crippen molar-refractivity contribution in [2.75, 3.05) is 5.73 Å². The molecule has 1 aromatic rings. The van der Waals surface area contributed by atoms with Gasteiger partial charge in [-0.2, -0.15) is 4.98 Å². The molecule has 17 heavy (non-hydrogen) atoms. The molecule has 1 amide bonds. The molecule has 1 aliphatic carbocycles. The van der Waals surface area contributed by atoms with Crippen LogP contribution >= 0.6 is 0 Å². The molecule has 0 radical (unpaired) electrons. The van der Waals surface area contributed by atoms with E-state index in [1.165, 1.54) is 4.57 Å². The highest BCUT2D eigenvalue weighted by Gasteiger charge is 2.30. The van der Waals surface area contributed by atoms with Crippen molar-refractivity contribution in [3.05, 3.63) is 22.5 Å². The quantitative estimate of drug-likeness (QED) is 0.746. The van der Waals surface area contributed by atoms with Crippen molar-refractivity contribution in [1.29, 1.82) is 0 Å². The zero-order chi connectivity index (χ0) is 12.6. The third-order valence-electron chi connectivity index (χ3n) is 3.13. The average molecular weight is 240 g/mol. The lowest BCUT2D eigenvalue weighted by atomic mass is 10.1. The van der Waals surface area contributed by atoms with Gasteiger partial charge in [-0.05, 0) is 19.3 Å². The molecule has 2 atom stereocenters. The summed E-state index contributed by atoms with van der Waals surface area (Å²) in [4.78, 5) is 25.9. The van der Waals surface area contributed by atoms with Crippen LogP contribution in [-0.2, 0) is 4.79 Å². The molecule has 0 bridgehead atoms. The van der Waals surface area contributed by atoms with Gasteiger partial charge in [0.05, 0.1) is 0 Å². The first-order valence-corrected chi connectivity index (χ1v) is 5.32. The van der Waals surface area contributed by atoms with Gasteiger partial charge in [-0.25, -0.2) is 9.18 Å². The van der Waals surface area contributed by atoms with E-state index >= 15 is 0 Å². The minimum Gasteiger partial charge on any atom is -0.381 e. The number of nitrogen functional groups attached to an aromatic ring is 1. The van der Waals surface area contributed by atoms with Crippen LogP contribution in [0.5, 0.6) is 0 Å². The summed E-state index contributed by atoms with van der Waals surface area (Å²) >= 11 is 0. The number of aromatic nitrogens is 2. The number of amides is 1. The van der Waals surface area contributed by atoms with Crippen LogP contribution in [0.2, 0.25) is 0 Å². The number of hydrogen-bond donors (Lipinski definition) is 2. The number of rotatable bonds is 2. The minimum atomic E-state index is -0.730. The van der Waals surface area contributed by atoms with E-state index in [1.807, 2.05) is 0 Å². The summed E-state index contributed by atoms with van der Waals surface area (Å²) in [7, 11) is 0. The van der Waals surface area contributed by atoms with E-state index in [2.05, 4.69) is 4.98 Å². The summed E-state index contributed by atoms with van der Waals surface area (Å²) in [6, 6.07) is -0.234. The van der Waals surface area contributed by atoms with Gasteiger partial charge < -0.3 is 11.5 Å². The Kier molecular flexibility index (Phi) is 2.83. The van der Waals surface area contributed by atoms with E-state index in [4.69, 9.17) is 11.5 Å². The predicted molar refractivity (Wildman–Crippen MR) is 58.4 cm³/mol. The first kappa shape index (κ1) is 11.6. The standard InChI is InChI=1S/C10H13FN4O2/c11-7-4-15(10(17)14-8(7)12)6-2-1-5(3-6)9(13)16/h4-6H,1-3H2,(H2,13,16)(H2,12,14,17). The Morgan fingerprint density at radius 1 is 1.53 bits per heavy atom. The summed E-state index contributed by atoms with van der Waals surface area (Å²) in [5, 5.41) is 0. The van der Waals surface area contributed by atoms with Crippen molar-refractivity contribution in [2.24, 2.45) is 11.7 Å². The molecule has 1 saturated carbocycles. The molecule has 0 saturated heterocycles. The van der Waals surface area contributed by atoms with Crippen LogP contribution < -0.4 is 17.2 Å². The predicted octanol–water partition coefficient (Wildman–Crippen LogP) is -0.209. The number of primary amides is 1. The molecule has 1 aliphatic rings. The Morgan fingerprint density at radius 2 is 2.24 bits per heavy atom. The highest BCUT2D eigenvalue weighted by Crippen LogP contribution is 2.33. The molecule has 0 aliphatic heterocycles. The van der Waals surface area contributed by atoms with Crippen LogP contribution in [0.3, 0.4) is 0 Å². The van der Waals surface area contributed by atoms with E-state index in [1.54, 1.807) is 0 Å². The van der Waals surface area contributed by atoms with Crippen LogP contribution in [0.15, 0.2) is 11.0 Å². The lowest BCUT2D eigenvalue weighted by molar-refractivity contribution is -0.121. The number of hydrogen-bond acceptors (Lipinski definition) is 4. The number of nitrogens with two attached hydrogens (primary N) is 2. The Morgan fingerprint density at radius 3 is 2.82 bits per heavy atom. The van der Waals surface area contributed by atoms with Crippen molar-refractivity contribution in [1.82, 2.24) is 9.55 Å². The van der Waals surface area contributed by atoms with E-state index < -0.39 is 17.3 Å². The lowest BCUT2D eigenvalue weighted by Gasteiger charge is -2.13. The SMILES string of the molecule is NC(=O)C1CCC(n2cc(F)c(N)nc2=O)C1. The Labute approximate surface area is 96.4 Å². The fourth-order valence-electron chi connectivity index (χ4n) is 2.19. The van der Waals surface area contributed by atoms with Crippen LogP contribution in [0.1, 0.15) is 25.3 Å². The van der Waals surface area contributed by atoms with Crippen molar-refractivity contribution in [3.8, 4) is 0 Å².